The zero-order valence-corrected chi connectivity index (χ0v) is 9.35. The molecule has 0 heteroatoms. The van der Waals surface area contributed by atoms with Crippen molar-refractivity contribution in [2.45, 2.75) is 27.2 Å². The van der Waals surface area contributed by atoms with Crippen LogP contribution in [0.15, 0.2) is 19.2 Å². The van der Waals surface area contributed by atoms with E-state index in [-0.39, 0.29) is 0 Å². The van der Waals surface area contributed by atoms with Crippen LogP contribution in [0.1, 0.15) is 34.7 Å². The summed E-state index contributed by atoms with van der Waals surface area (Å²) in [7, 11) is 0. The molecular weight excluding hydrogens is 168 g/mol. The van der Waals surface area contributed by atoms with Crippen molar-refractivity contribution in [2.75, 3.05) is 0 Å². The van der Waals surface area contributed by atoms with E-state index in [1.807, 2.05) is 12.2 Å². The van der Waals surface area contributed by atoms with Crippen LogP contribution in [0.5, 0.6) is 0 Å². The fourth-order valence-corrected chi connectivity index (χ4v) is 1.94. The molecule has 0 saturated heterocycles. The summed E-state index contributed by atoms with van der Waals surface area (Å²) >= 11 is 0. The van der Waals surface area contributed by atoms with Crippen molar-refractivity contribution in [1.29, 1.82) is 0 Å². The van der Waals surface area contributed by atoms with E-state index in [1.165, 1.54) is 27.8 Å². The molecule has 0 unspecified atom stereocenters. The van der Waals surface area contributed by atoms with Crippen LogP contribution in [0.25, 0.3) is 12.2 Å². The van der Waals surface area contributed by atoms with Crippen molar-refractivity contribution in [3.8, 4) is 0 Å². The molecule has 0 nitrogen and oxygen atoms in total. The van der Waals surface area contributed by atoms with Gasteiger partial charge in [-0.05, 0) is 48.1 Å². The smallest absolute Gasteiger partial charge is 0.0155 e. The van der Waals surface area contributed by atoms with Crippen LogP contribution in [-0.4, -0.2) is 0 Å². The van der Waals surface area contributed by atoms with Crippen LogP contribution in [-0.2, 0) is 6.42 Å². The number of benzene rings is 1. The van der Waals surface area contributed by atoms with Crippen LogP contribution in [0, 0.1) is 13.8 Å². The highest BCUT2D eigenvalue weighted by Gasteiger charge is 2.07. The maximum atomic E-state index is 3.87. The lowest BCUT2D eigenvalue weighted by atomic mass is 9.92. The molecule has 0 aliphatic carbocycles. The Morgan fingerprint density at radius 2 is 1.71 bits per heavy atom. The van der Waals surface area contributed by atoms with Crippen molar-refractivity contribution >= 4 is 12.2 Å². The second-order valence-corrected chi connectivity index (χ2v) is 3.57. The van der Waals surface area contributed by atoms with Crippen molar-refractivity contribution in [2.24, 2.45) is 0 Å². The van der Waals surface area contributed by atoms with E-state index in [9.17, 15) is 0 Å². The third-order valence-electron chi connectivity index (χ3n) is 2.78. The Morgan fingerprint density at radius 3 is 2.14 bits per heavy atom. The summed E-state index contributed by atoms with van der Waals surface area (Å²) in [5, 5.41) is 0. The van der Waals surface area contributed by atoms with Gasteiger partial charge in [0.2, 0.25) is 0 Å². The summed E-state index contributed by atoms with van der Waals surface area (Å²) in [6.07, 6.45) is 4.92. The van der Waals surface area contributed by atoms with Gasteiger partial charge in [-0.3, -0.25) is 0 Å². The molecule has 0 aliphatic heterocycles. The summed E-state index contributed by atoms with van der Waals surface area (Å²) in [5.41, 5.74) is 6.48. The zero-order chi connectivity index (χ0) is 10.7. The maximum absolute atomic E-state index is 3.87. The molecule has 0 heterocycles. The molecule has 0 fully saturated rings. The number of hydrogen-bond donors (Lipinski definition) is 0. The van der Waals surface area contributed by atoms with Crippen molar-refractivity contribution in [3.63, 3.8) is 0 Å². The van der Waals surface area contributed by atoms with E-state index in [4.69, 9.17) is 0 Å². The van der Waals surface area contributed by atoms with Gasteiger partial charge in [-0.15, -0.1) is 0 Å². The lowest BCUT2D eigenvalue weighted by Crippen LogP contribution is -1.96. The zero-order valence-electron chi connectivity index (χ0n) is 9.35. The second-order valence-electron chi connectivity index (χ2n) is 3.57. The maximum Gasteiger partial charge on any atom is -0.0155 e. The quantitative estimate of drug-likeness (QED) is 0.665. The predicted octanol–water partition coefficient (Wildman–Crippen LogP) is 4.15. The molecule has 0 atom stereocenters. The third kappa shape index (κ3) is 1.65. The van der Waals surface area contributed by atoms with Crippen molar-refractivity contribution in [1.82, 2.24) is 0 Å². The van der Waals surface area contributed by atoms with Crippen LogP contribution in [0.3, 0.4) is 0 Å². The highest BCUT2D eigenvalue weighted by molar-refractivity contribution is 5.70. The first-order valence-electron chi connectivity index (χ1n) is 5.03. The molecule has 0 N–H and O–H groups in total. The molecule has 0 amide bonds. The Hall–Kier alpha value is -1.30. The van der Waals surface area contributed by atoms with Gasteiger partial charge >= 0.3 is 0 Å². The summed E-state index contributed by atoms with van der Waals surface area (Å²) < 4.78 is 0. The molecule has 0 aliphatic rings. The highest BCUT2D eigenvalue weighted by atomic mass is 14.1. The Kier molecular flexibility index (Phi) is 3.29. The monoisotopic (exact) mass is 186 g/mol. The van der Waals surface area contributed by atoms with Crippen molar-refractivity contribution in [3.05, 3.63) is 47.0 Å². The van der Waals surface area contributed by atoms with Crippen LogP contribution >= 0.6 is 0 Å². The Labute approximate surface area is 87.0 Å². The minimum atomic E-state index is 1.07. The van der Waals surface area contributed by atoms with Gasteiger partial charge in [0.1, 0.15) is 0 Å². The lowest BCUT2D eigenvalue weighted by molar-refractivity contribution is 1.09. The standard InChI is InChI=1S/C14H18/c1-6-12-9-10(4)13(7-2)14(8-3)11(12)5/h7-9H,2-3,6H2,1,4-5H3. The molecule has 1 aromatic rings. The van der Waals surface area contributed by atoms with Crippen LogP contribution in [0.4, 0.5) is 0 Å². The Bertz CT molecular complexity index is 370. The Morgan fingerprint density at radius 1 is 1.14 bits per heavy atom. The van der Waals surface area contributed by atoms with Gasteiger partial charge in [0.05, 0.1) is 0 Å². The summed E-state index contributed by atoms with van der Waals surface area (Å²) in [5.74, 6) is 0. The molecular formula is C14H18. The first-order chi connectivity index (χ1) is 6.65. The molecule has 0 saturated carbocycles. The molecule has 0 bridgehead atoms. The third-order valence-corrected chi connectivity index (χ3v) is 2.78. The lowest BCUT2D eigenvalue weighted by Gasteiger charge is -2.13. The van der Waals surface area contributed by atoms with Crippen molar-refractivity contribution < 1.29 is 0 Å². The average Bonchev–Trinajstić information content (AvgIpc) is 2.20. The SMILES string of the molecule is C=Cc1c(C)cc(CC)c(C)c1C=C. The van der Waals surface area contributed by atoms with Crippen LogP contribution in [0.2, 0.25) is 0 Å². The summed E-state index contributed by atoms with van der Waals surface area (Å²) in [6.45, 7) is 14.2. The Balaban J connectivity index is 3.55. The molecule has 1 rings (SSSR count). The van der Waals surface area contributed by atoms with Gasteiger partial charge < -0.3 is 0 Å². The van der Waals surface area contributed by atoms with E-state index < -0.39 is 0 Å². The van der Waals surface area contributed by atoms with Gasteiger partial charge in [-0.25, -0.2) is 0 Å². The minimum absolute atomic E-state index is 1.07. The van der Waals surface area contributed by atoms with Crippen LogP contribution < -0.4 is 0 Å². The fraction of sp³-hybridized carbons (Fsp3) is 0.286. The van der Waals surface area contributed by atoms with Gasteiger partial charge in [0, 0.05) is 0 Å². The molecule has 1 aromatic carbocycles. The fourth-order valence-electron chi connectivity index (χ4n) is 1.94. The average molecular weight is 186 g/mol. The number of rotatable bonds is 3. The predicted molar refractivity (Wildman–Crippen MR) is 65.5 cm³/mol. The van der Waals surface area contributed by atoms with E-state index >= 15 is 0 Å². The minimum Gasteiger partial charge on any atom is -0.0984 e. The largest absolute Gasteiger partial charge is 0.0984 e. The van der Waals surface area contributed by atoms with Gasteiger partial charge in [-0.2, -0.15) is 0 Å². The van der Waals surface area contributed by atoms with E-state index in [0.717, 1.165) is 6.42 Å². The molecule has 0 spiro atoms. The molecule has 0 radical (unpaired) electrons. The van der Waals surface area contributed by atoms with E-state index in [2.05, 4.69) is 40.0 Å². The molecule has 74 valence electrons. The molecule has 0 aromatic heterocycles. The topological polar surface area (TPSA) is 0 Å². The first kappa shape index (κ1) is 10.8. The van der Waals surface area contributed by atoms with Gasteiger partial charge in [0.25, 0.3) is 0 Å². The summed E-state index contributed by atoms with van der Waals surface area (Å²) in [6, 6.07) is 2.25. The van der Waals surface area contributed by atoms with E-state index in [1.54, 1.807) is 0 Å². The highest BCUT2D eigenvalue weighted by Crippen LogP contribution is 2.24. The summed E-state index contributed by atoms with van der Waals surface area (Å²) in [4.78, 5) is 0. The number of aryl methyl sites for hydroxylation is 2. The van der Waals surface area contributed by atoms with Gasteiger partial charge in [-0.1, -0.05) is 38.3 Å². The molecule has 14 heavy (non-hydrogen) atoms. The number of hydrogen-bond acceptors (Lipinski definition) is 0. The second kappa shape index (κ2) is 4.28. The normalized spacial score (nSPS) is 9.93. The van der Waals surface area contributed by atoms with Gasteiger partial charge in [0.15, 0.2) is 0 Å². The van der Waals surface area contributed by atoms with E-state index in [0.29, 0.717) is 0 Å². The first-order valence-corrected chi connectivity index (χ1v) is 5.03.